The number of amides is 4. The fourth-order valence-corrected chi connectivity index (χ4v) is 4.06. The Labute approximate surface area is 184 Å². The van der Waals surface area contributed by atoms with E-state index < -0.39 is 53.3 Å². The summed E-state index contributed by atoms with van der Waals surface area (Å²) in [6.07, 6.45) is -4.54. The molecular formula is C21H17F5N4O3. The van der Waals surface area contributed by atoms with Crippen molar-refractivity contribution < 1.29 is 36.3 Å². The molecule has 2 aromatic carbocycles. The van der Waals surface area contributed by atoms with Crippen LogP contribution in [0.3, 0.4) is 0 Å². The predicted molar refractivity (Wildman–Crippen MR) is 105 cm³/mol. The van der Waals surface area contributed by atoms with Crippen LogP contribution in [-0.2, 0) is 22.3 Å². The van der Waals surface area contributed by atoms with Gasteiger partial charge in [0, 0.05) is 12.6 Å². The number of hydrogen-bond acceptors (Lipinski definition) is 3. The van der Waals surface area contributed by atoms with Crippen LogP contribution >= 0.6 is 0 Å². The van der Waals surface area contributed by atoms with Crippen LogP contribution < -0.4 is 10.6 Å². The van der Waals surface area contributed by atoms with Gasteiger partial charge in [-0.25, -0.2) is 13.6 Å². The highest BCUT2D eigenvalue weighted by Crippen LogP contribution is 2.37. The van der Waals surface area contributed by atoms with Gasteiger partial charge in [-0.15, -0.1) is 0 Å². The number of alkyl halides is 3. The van der Waals surface area contributed by atoms with Crippen LogP contribution in [0.1, 0.15) is 11.1 Å². The Morgan fingerprint density at radius 3 is 2.21 bits per heavy atom. The Hall–Kier alpha value is -3.70. The maximum absolute atomic E-state index is 14.4. The zero-order valence-corrected chi connectivity index (χ0v) is 16.9. The van der Waals surface area contributed by atoms with Crippen molar-refractivity contribution in [3.63, 3.8) is 0 Å². The summed E-state index contributed by atoms with van der Waals surface area (Å²) in [4.78, 5) is 41.1. The van der Waals surface area contributed by atoms with Gasteiger partial charge in [-0.1, -0.05) is 12.1 Å². The van der Waals surface area contributed by atoms with Crippen molar-refractivity contribution >= 4 is 23.5 Å². The lowest BCUT2D eigenvalue weighted by molar-refractivity contribution is -0.161. The number of nitrogens with zero attached hydrogens (tertiary/aromatic N) is 3. The molecule has 0 radical (unpaired) electrons. The fourth-order valence-electron chi connectivity index (χ4n) is 4.06. The number of nitrogens with two attached hydrogens (primary N) is 1. The smallest absolute Gasteiger partial charge is 0.351 e. The summed E-state index contributed by atoms with van der Waals surface area (Å²) in [6, 6.07) is 5.79. The Bertz CT molecular complexity index is 1130. The molecule has 0 aliphatic carbocycles. The van der Waals surface area contributed by atoms with Gasteiger partial charge < -0.3 is 15.5 Å². The molecule has 0 aromatic heterocycles. The number of halogens is 5. The van der Waals surface area contributed by atoms with Crippen LogP contribution in [0.2, 0.25) is 0 Å². The van der Waals surface area contributed by atoms with Crippen molar-refractivity contribution in [2.45, 2.75) is 18.3 Å². The number of carbonyl (C=O) groups excluding carboxylic acids is 3. The third kappa shape index (κ3) is 3.85. The van der Waals surface area contributed by atoms with Gasteiger partial charge in [0.15, 0.2) is 5.54 Å². The molecule has 0 unspecified atom stereocenters. The monoisotopic (exact) mass is 468 g/mol. The normalized spacial score (nSPS) is 18.0. The topological polar surface area (TPSA) is 87.0 Å². The standard InChI is InChI=1S/C21H17F5N4O3/c22-14-5-6-16(15(23)7-14)29-9-17(31)30(20(18(29)32)10-28(11-20)19(27)33)8-12-1-3-13(4-2-12)21(24,25)26/h1-7H,8-11H2,(H2,27,33). The minimum absolute atomic E-state index is 0.213. The minimum atomic E-state index is -4.54. The van der Waals surface area contributed by atoms with Crippen molar-refractivity contribution in [1.82, 2.24) is 9.80 Å². The van der Waals surface area contributed by atoms with E-state index >= 15 is 0 Å². The van der Waals surface area contributed by atoms with Gasteiger partial charge >= 0.3 is 12.2 Å². The average Bonchev–Trinajstić information content (AvgIpc) is 2.69. The van der Waals surface area contributed by atoms with Crippen LogP contribution in [0.15, 0.2) is 42.5 Å². The Morgan fingerprint density at radius 1 is 1.03 bits per heavy atom. The lowest BCUT2D eigenvalue weighted by atomic mass is 9.83. The highest BCUT2D eigenvalue weighted by atomic mass is 19.4. The zero-order valence-electron chi connectivity index (χ0n) is 16.9. The molecule has 0 bridgehead atoms. The molecule has 2 aliphatic rings. The summed E-state index contributed by atoms with van der Waals surface area (Å²) in [5, 5.41) is 0. The second-order valence-electron chi connectivity index (χ2n) is 7.89. The molecule has 4 amide bonds. The van der Waals surface area contributed by atoms with Crippen LogP contribution in [0.5, 0.6) is 0 Å². The fraction of sp³-hybridized carbons (Fsp3) is 0.286. The predicted octanol–water partition coefficient (Wildman–Crippen LogP) is 2.49. The van der Waals surface area contributed by atoms with E-state index in [4.69, 9.17) is 5.73 Å². The molecule has 2 fully saturated rings. The molecule has 2 aromatic rings. The van der Waals surface area contributed by atoms with Crippen LogP contribution in [0.4, 0.5) is 32.4 Å². The second kappa shape index (κ2) is 7.71. The molecule has 174 valence electrons. The van der Waals surface area contributed by atoms with E-state index in [1.54, 1.807) is 0 Å². The summed E-state index contributed by atoms with van der Waals surface area (Å²) in [7, 11) is 0. The highest BCUT2D eigenvalue weighted by Gasteiger charge is 2.60. The summed E-state index contributed by atoms with van der Waals surface area (Å²) in [6.45, 7) is -1.32. The van der Waals surface area contributed by atoms with E-state index in [1.165, 1.54) is 12.1 Å². The first-order chi connectivity index (χ1) is 15.4. The average molecular weight is 468 g/mol. The van der Waals surface area contributed by atoms with Gasteiger partial charge in [0.25, 0.3) is 5.91 Å². The highest BCUT2D eigenvalue weighted by molar-refractivity contribution is 6.10. The number of primary amides is 1. The van der Waals surface area contributed by atoms with Gasteiger partial charge in [-0.2, -0.15) is 13.2 Å². The maximum atomic E-state index is 14.4. The third-order valence-electron chi connectivity index (χ3n) is 5.79. The van der Waals surface area contributed by atoms with E-state index in [-0.39, 0.29) is 25.3 Å². The Kier molecular flexibility index (Phi) is 5.26. The van der Waals surface area contributed by atoms with Gasteiger partial charge in [0.05, 0.1) is 24.3 Å². The summed E-state index contributed by atoms with van der Waals surface area (Å²) < 4.78 is 66.2. The van der Waals surface area contributed by atoms with Crippen molar-refractivity contribution in [3.8, 4) is 0 Å². The van der Waals surface area contributed by atoms with E-state index in [2.05, 4.69) is 0 Å². The Balaban J connectivity index is 1.67. The lowest BCUT2D eigenvalue weighted by Gasteiger charge is -2.57. The maximum Gasteiger partial charge on any atom is 0.416 e. The molecule has 33 heavy (non-hydrogen) atoms. The number of anilines is 1. The molecule has 2 aliphatic heterocycles. The van der Waals surface area contributed by atoms with Crippen LogP contribution in [0, 0.1) is 11.6 Å². The van der Waals surface area contributed by atoms with Crippen molar-refractivity contribution in [2.75, 3.05) is 24.5 Å². The third-order valence-corrected chi connectivity index (χ3v) is 5.79. The Morgan fingerprint density at radius 2 is 1.67 bits per heavy atom. The number of carbonyl (C=O) groups is 3. The first kappa shape index (κ1) is 22.5. The van der Waals surface area contributed by atoms with Crippen LogP contribution in [0.25, 0.3) is 0 Å². The number of urea groups is 1. The van der Waals surface area contributed by atoms with Crippen LogP contribution in [-0.4, -0.2) is 52.8 Å². The molecule has 0 atom stereocenters. The molecule has 4 rings (SSSR count). The molecule has 7 nitrogen and oxygen atoms in total. The second-order valence-corrected chi connectivity index (χ2v) is 7.89. The largest absolute Gasteiger partial charge is 0.416 e. The van der Waals surface area contributed by atoms with Gasteiger partial charge in [0.2, 0.25) is 5.91 Å². The van der Waals surface area contributed by atoms with Gasteiger partial charge in [-0.3, -0.25) is 14.5 Å². The summed E-state index contributed by atoms with van der Waals surface area (Å²) in [5.74, 6) is -3.25. The molecule has 2 heterocycles. The first-order valence-electron chi connectivity index (χ1n) is 9.70. The minimum Gasteiger partial charge on any atom is -0.351 e. The number of benzene rings is 2. The van der Waals surface area contributed by atoms with Crippen molar-refractivity contribution in [2.24, 2.45) is 5.73 Å². The number of rotatable bonds is 3. The quantitative estimate of drug-likeness (QED) is 0.703. The number of piperazine rings is 1. The van der Waals surface area contributed by atoms with Gasteiger partial charge in [0.1, 0.15) is 18.2 Å². The van der Waals surface area contributed by atoms with Crippen molar-refractivity contribution in [3.05, 3.63) is 65.2 Å². The summed E-state index contributed by atoms with van der Waals surface area (Å²) >= 11 is 0. The van der Waals surface area contributed by atoms with E-state index in [9.17, 15) is 36.3 Å². The van der Waals surface area contributed by atoms with E-state index in [0.717, 1.165) is 39.0 Å². The molecule has 2 N–H and O–H groups in total. The zero-order chi connectivity index (χ0) is 24.1. The molecule has 0 saturated carbocycles. The number of hydrogen-bond donors (Lipinski definition) is 1. The molecular weight excluding hydrogens is 451 g/mol. The lowest BCUT2D eigenvalue weighted by Crippen LogP contribution is -2.81. The SMILES string of the molecule is NC(=O)N1CC2(C1)C(=O)N(c1ccc(F)cc1F)CC(=O)N2Cc1ccc(C(F)(F)F)cc1. The molecule has 1 spiro atoms. The molecule has 12 heteroatoms. The summed E-state index contributed by atoms with van der Waals surface area (Å²) in [5.41, 5.74) is 2.82. The molecule has 2 saturated heterocycles. The van der Waals surface area contributed by atoms with Crippen molar-refractivity contribution in [1.29, 1.82) is 0 Å². The first-order valence-corrected chi connectivity index (χ1v) is 9.70. The van der Waals surface area contributed by atoms with E-state index in [1.807, 2.05) is 0 Å². The number of likely N-dealkylation sites (tertiary alicyclic amines) is 1. The van der Waals surface area contributed by atoms with E-state index in [0.29, 0.717) is 11.6 Å². The van der Waals surface area contributed by atoms with Gasteiger partial charge in [-0.05, 0) is 29.8 Å².